The molecule has 6 heteroatoms. The van der Waals surface area contributed by atoms with E-state index >= 15 is 0 Å². The van der Waals surface area contributed by atoms with Crippen LogP contribution in [0.1, 0.15) is 25.8 Å². The largest absolute Gasteiger partial charge is 0.508 e. The summed E-state index contributed by atoms with van der Waals surface area (Å²) < 4.78 is 38.8. The number of aromatic hydroxyl groups is 1. The van der Waals surface area contributed by atoms with Crippen LogP contribution in [0.3, 0.4) is 0 Å². The van der Waals surface area contributed by atoms with Crippen LogP contribution in [-0.2, 0) is 5.41 Å². The topological polar surface area (TPSA) is 53.4 Å². The van der Waals surface area contributed by atoms with Crippen molar-refractivity contribution in [1.82, 2.24) is 4.98 Å². The number of phenols is 1. The van der Waals surface area contributed by atoms with Gasteiger partial charge in [0.2, 0.25) is 0 Å². The lowest BCUT2D eigenvalue weighted by atomic mass is 9.74. The van der Waals surface area contributed by atoms with Crippen molar-refractivity contribution in [2.75, 3.05) is 0 Å². The van der Waals surface area contributed by atoms with Gasteiger partial charge in [0, 0.05) is 23.5 Å². The van der Waals surface area contributed by atoms with Gasteiger partial charge in [-0.15, -0.1) is 0 Å². The van der Waals surface area contributed by atoms with Crippen molar-refractivity contribution in [3.05, 3.63) is 55.2 Å². The maximum absolute atomic E-state index is 12.9. The Morgan fingerprint density at radius 2 is 1.79 bits per heavy atom. The zero-order valence-corrected chi connectivity index (χ0v) is 13.4. The quantitative estimate of drug-likeness (QED) is 0.876. The van der Waals surface area contributed by atoms with E-state index in [2.05, 4.69) is 11.9 Å². The van der Waals surface area contributed by atoms with E-state index in [1.807, 2.05) is 6.07 Å². The molecule has 0 saturated heterocycles. The van der Waals surface area contributed by atoms with Gasteiger partial charge in [-0.05, 0) is 42.5 Å². The molecule has 0 aliphatic heterocycles. The van der Waals surface area contributed by atoms with Crippen LogP contribution >= 0.6 is 0 Å². The Morgan fingerprint density at radius 1 is 1.12 bits per heavy atom. The van der Waals surface area contributed by atoms with Crippen LogP contribution in [-0.4, -0.2) is 27.0 Å². The van der Waals surface area contributed by atoms with E-state index in [0.29, 0.717) is 11.1 Å². The van der Waals surface area contributed by atoms with Gasteiger partial charge in [0.15, 0.2) is 5.60 Å². The summed E-state index contributed by atoms with van der Waals surface area (Å²) in [5, 5.41) is 19.8. The van der Waals surface area contributed by atoms with Gasteiger partial charge in [-0.25, -0.2) is 0 Å². The monoisotopic (exact) mass is 338 g/mol. The minimum atomic E-state index is -4.86. The first-order chi connectivity index (χ1) is 10.9. The maximum atomic E-state index is 12.9. The van der Waals surface area contributed by atoms with Crippen LogP contribution in [0.15, 0.2) is 42.7 Å². The summed E-state index contributed by atoms with van der Waals surface area (Å²) in [4.78, 5) is 4.01. The fourth-order valence-electron chi connectivity index (χ4n) is 2.72. The normalized spacial score (nSPS) is 15.1. The summed E-state index contributed by atoms with van der Waals surface area (Å²) in [7, 11) is 0. The molecule has 2 rings (SSSR count). The number of rotatable bonds is 4. The number of halogens is 3. The van der Waals surface area contributed by atoms with Crippen molar-refractivity contribution in [2.24, 2.45) is 0 Å². The summed E-state index contributed by atoms with van der Waals surface area (Å²) >= 11 is 0. The summed E-state index contributed by atoms with van der Waals surface area (Å²) in [6.45, 7) is 5.95. The number of hydrogen-bond acceptors (Lipinski definition) is 3. The molecule has 0 fully saturated rings. The molecule has 0 spiro atoms. The zero-order chi connectivity index (χ0) is 18.2. The van der Waals surface area contributed by atoms with Crippen molar-refractivity contribution in [2.45, 2.75) is 37.5 Å². The number of nitrogens with zero attached hydrogens (tertiary/aromatic N) is 1. The SMILES string of the molecule is [CH2]C(O)(CC(C)(C)c1cc(-c2cccnc2)ccc1O)C(F)(F)F. The van der Waals surface area contributed by atoms with Crippen LogP contribution in [0, 0.1) is 6.92 Å². The molecule has 1 atom stereocenters. The summed E-state index contributed by atoms with van der Waals surface area (Å²) in [6, 6.07) is 8.25. The molecular weight excluding hydrogens is 319 g/mol. The number of alkyl halides is 3. The molecule has 0 amide bonds. The van der Waals surface area contributed by atoms with Gasteiger partial charge < -0.3 is 10.2 Å². The average molecular weight is 338 g/mol. The summed E-state index contributed by atoms with van der Waals surface area (Å²) in [6.07, 6.45) is -2.31. The van der Waals surface area contributed by atoms with Gasteiger partial charge in [-0.2, -0.15) is 13.2 Å². The van der Waals surface area contributed by atoms with Gasteiger partial charge in [-0.1, -0.05) is 26.0 Å². The number of aliphatic hydroxyl groups is 1. The lowest BCUT2D eigenvalue weighted by Crippen LogP contribution is -2.46. The Hall–Kier alpha value is -2.08. The van der Waals surface area contributed by atoms with Gasteiger partial charge in [0.25, 0.3) is 0 Å². The van der Waals surface area contributed by atoms with E-state index in [1.165, 1.54) is 19.9 Å². The summed E-state index contributed by atoms with van der Waals surface area (Å²) in [5.74, 6) is -0.134. The van der Waals surface area contributed by atoms with Gasteiger partial charge in [0.1, 0.15) is 5.75 Å². The van der Waals surface area contributed by atoms with Gasteiger partial charge in [-0.3, -0.25) is 4.98 Å². The first-order valence-electron chi connectivity index (χ1n) is 7.32. The molecule has 0 aliphatic carbocycles. The van der Waals surface area contributed by atoms with Gasteiger partial charge in [0.05, 0.1) is 0 Å². The first-order valence-corrected chi connectivity index (χ1v) is 7.32. The van der Waals surface area contributed by atoms with E-state index in [9.17, 15) is 23.4 Å². The molecule has 24 heavy (non-hydrogen) atoms. The van der Waals surface area contributed by atoms with Crippen LogP contribution in [0.2, 0.25) is 0 Å². The molecular formula is C18H19F3NO2. The zero-order valence-electron chi connectivity index (χ0n) is 13.4. The second kappa shape index (κ2) is 6.09. The predicted molar refractivity (Wildman–Crippen MR) is 85.3 cm³/mol. The fraction of sp³-hybridized carbons (Fsp3) is 0.333. The number of pyridine rings is 1. The van der Waals surface area contributed by atoms with Crippen LogP contribution < -0.4 is 0 Å². The number of hydrogen-bond donors (Lipinski definition) is 2. The molecule has 129 valence electrons. The molecule has 3 nitrogen and oxygen atoms in total. The number of phenolic OH excluding ortho intramolecular Hbond substituents is 1. The van der Waals surface area contributed by atoms with E-state index in [0.717, 1.165) is 5.56 Å². The van der Waals surface area contributed by atoms with Crippen LogP contribution in [0.5, 0.6) is 5.75 Å². The number of benzene rings is 1. The third-order valence-electron chi connectivity index (χ3n) is 3.98. The second-order valence-electron chi connectivity index (χ2n) is 6.56. The minimum absolute atomic E-state index is 0.134. The highest BCUT2D eigenvalue weighted by Gasteiger charge is 2.52. The molecule has 1 heterocycles. The Labute approximate surface area is 138 Å². The minimum Gasteiger partial charge on any atom is -0.508 e. The molecule has 1 radical (unpaired) electrons. The lowest BCUT2D eigenvalue weighted by Gasteiger charge is -2.35. The van der Waals surface area contributed by atoms with E-state index in [1.54, 1.807) is 30.6 Å². The molecule has 1 aromatic heterocycles. The predicted octanol–water partition coefficient (Wildman–Crippen LogP) is 4.25. The van der Waals surface area contributed by atoms with Crippen molar-refractivity contribution < 1.29 is 23.4 Å². The van der Waals surface area contributed by atoms with Crippen molar-refractivity contribution >= 4 is 0 Å². The van der Waals surface area contributed by atoms with Gasteiger partial charge >= 0.3 is 6.18 Å². The number of aromatic nitrogens is 1. The Morgan fingerprint density at radius 3 is 2.33 bits per heavy atom. The van der Waals surface area contributed by atoms with E-state index < -0.39 is 23.6 Å². The highest BCUT2D eigenvalue weighted by Crippen LogP contribution is 2.43. The van der Waals surface area contributed by atoms with Crippen molar-refractivity contribution in [3.8, 4) is 16.9 Å². The molecule has 0 aliphatic rings. The Bertz CT molecular complexity index is 710. The average Bonchev–Trinajstić information content (AvgIpc) is 2.46. The highest BCUT2D eigenvalue weighted by molar-refractivity contribution is 5.65. The van der Waals surface area contributed by atoms with Crippen LogP contribution in [0.25, 0.3) is 11.1 Å². The molecule has 2 aromatic rings. The van der Waals surface area contributed by atoms with Crippen molar-refractivity contribution in [3.63, 3.8) is 0 Å². The molecule has 2 N–H and O–H groups in total. The molecule has 1 unspecified atom stereocenters. The first kappa shape index (κ1) is 18.3. The summed E-state index contributed by atoms with van der Waals surface area (Å²) in [5.41, 5.74) is -2.48. The Kier molecular flexibility index (Phi) is 4.63. The molecule has 0 bridgehead atoms. The van der Waals surface area contributed by atoms with Crippen LogP contribution in [0.4, 0.5) is 13.2 Å². The lowest BCUT2D eigenvalue weighted by molar-refractivity contribution is -0.247. The third kappa shape index (κ3) is 3.70. The van der Waals surface area contributed by atoms with E-state index in [-0.39, 0.29) is 5.75 Å². The van der Waals surface area contributed by atoms with E-state index in [4.69, 9.17) is 0 Å². The Balaban J connectivity index is 2.43. The third-order valence-corrected chi connectivity index (χ3v) is 3.98. The molecule has 1 aromatic carbocycles. The van der Waals surface area contributed by atoms with Crippen molar-refractivity contribution in [1.29, 1.82) is 0 Å². The highest BCUT2D eigenvalue weighted by atomic mass is 19.4. The molecule has 0 saturated carbocycles. The second-order valence-corrected chi connectivity index (χ2v) is 6.56. The standard InChI is InChI=1S/C18H19F3NO2/c1-16(2,11-17(3,24)18(19,20)21)14-9-12(6-7-15(14)23)13-5-4-8-22-10-13/h4-10,23-24H,3,11H2,1-2H3. The smallest absolute Gasteiger partial charge is 0.417 e. The maximum Gasteiger partial charge on any atom is 0.417 e. The fourth-order valence-corrected chi connectivity index (χ4v) is 2.72.